The molecule has 21 heavy (non-hydrogen) atoms. The molecule has 0 heterocycles. The van der Waals surface area contributed by atoms with Crippen LogP contribution in [0, 0.1) is 0 Å². The van der Waals surface area contributed by atoms with Gasteiger partial charge in [0, 0.05) is 26.7 Å². The van der Waals surface area contributed by atoms with Gasteiger partial charge >= 0.3 is 6.36 Å². The topological polar surface area (TPSA) is 21.3 Å². The van der Waals surface area contributed by atoms with Crippen molar-refractivity contribution < 1.29 is 17.9 Å². The van der Waals surface area contributed by atoms with Crippen LogP contribution in [0.1, 0.15) is 5.56 Å². The van der Waals surface area contributed by atoms with Gasteiger partial charge in [-0.25, -0.2) is 0 Å². The minimum atomic E-state index is -4.70. The number of para-hydroxylation sites is 1. The molecule has 0 aliphatic heterocycles. The molecule has 112 valence electrons. The molecule has 0 aliphatic carbocycles. The lowest BCUT2D eigenvalue weighted by molar-refractivity contribution is -0.274. The Morgan fingerprint density at radius 1 is 1.05 bits per heavy atom. The first-order chi connectivity index (χ1) is 9.85. The molecule has 0 aliphatic rings. The maximum atomic E-state index is 12.3. The molecule has 7 heteroatoms. The Hall–Kier alpha value is -1.21. The van der Waals surface area contributed by atoms with E-state index in [0.717, 1.165) is 14.6 Å². The molecule has 2 aromatic carbocycles. The van der Waals surface area contributed by atoms with Crippen molar-refractivity contribution in [1.82, 2.24) is 0 Å². The molecule has 0 saturated heterocycles. The molecule has 1 N–H and O–H groups in total. The van der Waals surface area contributed by atoms with Crippen molar-refractivity contribution in [1.29, 1.82) is 0 Å². The van der Waals surface area contributed by atoms with Crippen LogP contribution < -0.4 is 10.1 Å². The molecule has 0 spiro atoms. The third-order valence-electron chi connectivity index (χ3n) is 2.60. The Kier molecular flexibility index (Phi) is 5.16. The summed E-state index contributed by atoms with van der Waals surface area (Å²) in [5.41, 5.74) is 1.20. The number of nitrogens with one attached hydrogen (secondary N) is 1. The molecule has 0 fully saturated rings. The number of hydrogen-bond acceptors (Lipinski definition) is 2. The molecule has 2 rings (SSSR count). The van der Waals surface area contributed by atoms with Crippen LogP contribution in [0.15, 0.2) is 51.4 Å². The summed E-state index contributed by atoms with van der Waals surface area (Å²) in [5.74, 6) is -0.203. The first-order valence-electron chi connectivity index (χ1n) is 5.88. The largest absolute Gasteiger partial charge is 0.573 e. The van der Waals surface area contributed by atoms with Crippen LogP contribution in [0.25, 0.3) is 0 Å². The minimum Gasteiger partial charge on any atom is -0.405 e. The van der Waals surface area contributed by atoms with Crippen molar-refractivity contribution in [3.8, 4) is 5.75 Å². The summed E-state index contributed by atoms with van der Waals surface area (Å²) in [5, 5.41) is 3.07. The SMILES string of the molecule is FC(F)(F)Oc1ccccc1CNc1ccc(Br)cc1Br. The summed E-state index contributed by atoms with van der Waals surface area (Å²) in [6.07, 6.45) is -4.70. The van der Waals surface area contributed by atoms with Gasteiger partial charge in [-0.15, -0.1) is 13.2 Å². The van der Waals surface area contributed by atoms with E-state index in [0.29, 0.717) is 5.56 Å². The van der Waals surface area contributed by atoms with Gasteiger partial charge in [0.2, 0.25) is 0 Å². The molecular weight excluding hydrogens is 415 g/mol. The van der Waals surface area contributed by atoms with E-state index in [9.17, 15) is 13.2 Å². The van der Waals surface area contributed by atoms with E-state index >= 15 is 0 Å². The highest BCUT2D eigenvalue weighted by molar-refractivity contribution is 9.11. The zero-order valence-corrected chi connectivity index (χ0v) is 13.7. The van der Waals surface area contributed by atoms with Crippen molar-refractivity contribution in [3.05, 3.63) is 57.0 Å². The molecule has 0 aromatic heterocycles. The van der Waals surface area contributed by atoms with Gasteiger partial charge in [-0.05, 0) is 40.2 Å². The van der Waals surface area contributed by atoms with E-state index in [4.69, 9.17) is 0 Å². The first-order valence-corrected chi connectivity index (χ1v) is 7.46. The van der Waals surface area contributed by atoms with Crippen LogP contribution in [-0.4, -0.2) is 6.36 Å². The van der Waals surface area contributed by atoms with Gasteiger partial charge in [0.1, 0.15) is 5.75 Å². The van der Waals surface area contributed by atoms with Gasteiger partial charge in [-0.3, -0.25) is 0 Å². The highest BCUT2D eigenvalue weighted by atomic mass is 79.9. The van der Waals surface area contributed by atoms with E-state index in [-0.39, 0.29) is 12.3 Å². The van der Waals surface area contributed by atoms with Crippen molar-refractivity contribution in [3.63, 3.8) is 0 Å². The Balaban J connectivity index is 2.13. The highest BCUT2D eigenvalue weighted by Gasteiger charge is 2.31. The van der Waals surface area contributed by atoms with Gasteiger partial charge in [-0.2, -0.15) is 0 Å². The fraction of sp³-hybridized carbons (Fsp3) is 0.143. The third kappa shape index (κ3) is 4.93. The van der Waals surface area contributed by atoms with Crippen molar-refractivity contribution in [2.24, 2.45) is 0 Å². The Morgan fingerprint density at radius 3 is 2.43 bits per heavy atom. The normalized spacial score (nSPS) is 11.3. The van der Waals surface area contributed by atoms with E-state index in [1.165, 1.54) is 12.1 Å². The zero-order chi connectivity index (χ0) is 15.5. The predicted molar refractivity (Wildman–Crippen MR) is 82.3 cm³/mol. The van der Waals surface area contributed by atoms with Crippen molar-refractivity contribution >= 4 is 37.5 Å². The van der Waals surface area contributed by atoms with Gasteiger partial charge in [-0.1, -0.05) is 34.1 Å². The lowest BCUT2D eigenvalue weighted by Crippen LogP contribution is -2.18. The van der Waals surface area contributed by atoms with Crippen molar-refractivity contribution in [2.45, 2.75) is 12.9 Å². The minimum absolute atomic E-state index is 0.203. The second-order valence-electron chi connectivity index (χ2n) is 4.13. The molecule has 0 unspecified atom stereocenters. The predicted octanol–water partition coefficient (Wildman–Crippen LogP) is 5.72. The summed E-state index contributed by atoms with van der Waals surface area (Å²) in [7, 11) is 0. The summed E-state index contributed by atoms with van der Waals surface area (Å²) in [4.78, 5) is 0. The average Bonchev–Trinajstić information content (AvgIpc) is 2.37. The van der Waals surface area contributed by atoms with E-state index < -0.39 is 6.36 Å². The molecule has 0 amide bonds. The van der Waals surface area contributed by atoms with Gasteiger partial charge in [0.15, 0.2) is 0 Å². The summed E-state index contributed by atoms with van der Waals surface area (Å²) in [6.45, 7) is 0.215. The number of rotatable bonds is 4. The molecule has 0 radical (unpaired) electrons. The zero-order valence-electron chi connectivity index (χ0n) is 10.5. The summed E-state index contributed by atoms with van der Waals surface area (Å²) in [6, 6.07) is 11.5. The third-order valence-corrected chi connectivity index (χ3v) is 3.75. The Bertz CT molecular complexity index is 632. The van der Waals surface area contributed by atoms with Gasteiger partial charge < -0.3 is 10.1 Å². The maximum absolute atomic E-state index is 12.3. The molecular formula is C14H10Br2F3NO. The van der Waals surface area contributed by atoms with Gasteiger partial charge in [0.25, 0.3) is 0 Å². The molecule has 2 nitrogen and oxygen atoms in total. The quantitative estimate of drug-likeness (QED) is 0.677. The van der Waals surface area contributed by atoms with Crippen LogP contribution in [-0.2, 0) is 6.54 Å². The van der Waals surface area contributed by atoms with Crippen LogP contribution in [0.3, 0.4) is 0 Å². The molecule has 2 aromatic rings. The lowest BCUT2D eigenvalue weighted by atomic mass is 10.2. The monoisotopic (exact) mass is 423 g/mol. The van der Waals surface area contributed by atoms with E-state index in [1.54, 1.807) is 12.1 Å². The second-order valence-corrected chi connectivity index (χ2v) is 5.90. The van der Waals surface area contributed by atoms with E-state index in [2.05, 4.69) is 41.9 Å². The average molecular weight is 425 g/mol. The van der Waals surface area contributed by atoms with E-state index in [1.807, 2.05) is 18.2 Å². The summed E-state index contributed by atoms with van der Waals surface area (Å²) >= 11 is 6.72. The Labute approximate surface area is 136 Å². The van der Waals surface area contributed by atoms with Gasteiger partial charge in [0.05, 0.1) is 0 Å². The van der Waals surface area contributed by atoms with Crippen LogP contribution in [0.2, 0.25) is 0 Å². The number of ether oxygens (including phenoxy) is 1. The number of alkyl halides is 3. The maximum Gasteiger partial charge on any atom is 0.573 e. The lowest BCUT2D eigenvalue weighted by Gasteiger charge is -2.14. The van der Waals surface area contributed by atoms with Crippen LogP contribution >= 0.6 is 31.9 Å². The van der Waals surface area contributed by atoms with Crippen LogP contribution in [0.5, 0.6) is 5.75 Å². The molecule has 0 bridgehead atoms. The fourth-order valence-corrected chi connectivity index (χ4v) is 2.88. The Morgan fingerprint density at radius 2 is 1.76 bits per heavy atom. The number of hydrogen-bond donors (Lipinski definition) is 1. The summed E-state index contributed by atoms with van der Waals surface area (Å²) < 4.78 is 42.7. The standard InChI is InChI=1S/C14H10Br2F3NO/c15-10-5-6-12(11(16)7-10)20-8-9-3-1-2-4-13(9)21-14(17,18)19/h1-7,20H,8H2. The molecule has 0 saturated carbocycles. The van der Waals surface area contributed by atoms with Crippen LogP contribution in [0.4, 0.5) is 18.9 Å². The fourth-order valence-electron chi connectivity index (χ4n) is 1.70. The number of benzene rings is 2. The number of halogens is 5. The first kappa shape index (κ1) is 16.2. The smallest absolute Gasteiger partial charge is 0.405 e. The highest BCUT2D eigenvalue weighted by Crippen LogP contribution is 2.29. The van der Waals surface area contributed by atoms with Crippen molar-refractivity contribution in [2.75, 3.05) is 5.32 Å². The molecule has 0 atom stereocenters. The second kappa shape index (κ2) is 6.70. The number of anilines is 1.